The third kappa shape index (κ3) is 8.24. The normalized spacial score (nSPS) is 11.9. The predicted molar refractivity (Wildman–Crippen MR) is 163 cm³/mol. The molecule has 3 rings (SSSR count). The lowest BCUT2D eigenvalue weighted by Gasteiger charge is -2.33. The largest absolute Gasteiger partial charge is 0.495 e. The molecule has 0 aliphatic rings. The molecule has 10 heteroatoms. The number of hydrogen-bond acceptors (Lipinski definition) is 5. The lowest BCUT2D eigenvalue weighted by molar-refractivity contribution is -0.140. The Balaban J connectivity index is 2.06. The van der Waals surface area contributed by atoms with Gasteiger partial charge >= 0.3 is 0 Å². The number of amides is 2. The minimum absolute atomic E-state index is 0.0225. The van der Waals surface area contributed by atoms with Gasteiger partial charge in [0.1, 0.15) is 18.3 Å². The predicted octanol–water partition coefficient (Wildman–Crippen LogP) is 5.58. The Morgan fingerprint density at radius 2 is 1.73 bits per heavy atom. The van der Waals surface area contributed by atoms with Crippen molar-refractivity contribution in [1.82, 2.24) is 10.2 Å². The number of anilines is 1. The van der Waals surface area contributed by atoms with Gasteiger partial charge in [0.25, 0.3) is 10.0 Å². The highest BCUT2D eigenvalue weighted by atomic mass is 35.5. The topological polar surface area (TPSA) is 96.0 Å². The molecule has 0 saturated carbocycles. The molecule has 0 bridgehead atoms. The Hall–Kier alpha value is -3.56. The Morgan fingerprint density at radius 3 is 2.34 bits per heavy atom. The second kappa shape index (κ2) is 14.9. The maximum absolute atomic E-state index is 14.1. The minimum Gasteiger partial charge on any atom is -0.495 e. The van der Waals surface area contributed by atoms with Crippen molar-refractivity contribution in [3.8, 4) is 5.75 Å². The van der Waals surface area contributed by atoms with Crippen molar-refractivity contribution >= 4 is 39.1 Å². The average molecular weight is 600 g/mol. The fourth-order valence-electron chi connectivity index (χ4n) is 4.49. The summed E-state index contributed by atoms with van der Waals surface area (Å²) < 4.78 is 34.1. The Morgan fingerprint density at radius 1 is 1.00 bits per heavy atom. The number of unbranched alkanes of at least 4 members (excludes halogenated alkanes) is 1. The molecule has 220 valence electrons. The highest BCUT2D eigenvalue weighted by molar-refractivity contribution is 7.92. The van der Waals surface area contributed by atoms with Crippen LogP contribution in [0.15, 0.2) is 77.7 Å². The van der Waals surface area contributed by atoms with Crippen molar-refractivity contribution < 1.29 is 22.7 Å². The van der Waals surface area contributed by atoms with E-state index in [4.69, 9.17) is 16.3 Å². The van der Waals surface area contributed by atoms with E-state index in [1.165, 1.54) is 36.3 Å². The van der Waals surface area contributed by atoms with Gasteiger partial charge in [-0.1, -0.05) is 79.9 Å². The molecule has 0 aliphatic heterocycles. The molecule has 0 aromatic heterocycles. The molecule has 1 N–H and O–H groups in total. The van der Waals surface area contributed by atoms with Crippen LogP contribution in [0.4, 0.5) is 5.69 Å². The number of benzene rings is 3. The number of hydrogen-bond donors (Lipinski definition) is 1. The van der Waals surface area contributed by atoms with E-state index in [1.807, 2.05) is 45.0 Å². The smallest absolute Gasteiger partial charge is 0.264 e. The number of nitrogens with one attached hydrogen (secondary N) is 1. The number of carbonyl (C=O) groups is 2. The van der Waals surface area contributed by atoms with Gasteiger partial charge in [0.2, 0.25) is 11.8 Å². The van der Waals surface area contributed by atoms with Crippen LogP contribution in [0.1, 0.15) is 44.2 Å². The first-order chi connectivity index (χ1) is 19.6. The van der Waals surface area contributed by atoms with Crippen molar-refractivity contribution in [2.24, 2.45) is 0 Å². The number of nitrogens with zero attached hydrogens (tertiary/aromatic N) is 2. The van der Waals surface area contributed by atoms with E-state index in [-0.39, 0.29) is 28.1 Å². The molecule has 3 aromatic carbocycles. The van der Waals surface area contributed by atoms with Crippen molar-refractivity contribution in [2.45, 2.75) is 57.5 Å². The molecule has 3 aromatic rings. The zero-order valence-corrected chi connectivity index (χ0v) is 25.5. The molecular formula is C31H38ClN3O5S. The van der Waals surface area contributed by atoms with Crippen LogP contribution < -0.4 is 14.4 Å². The first kappa shape index (κ1) is 32.0. The number of methoxy groups -OCH3 is 1. The van der Waals surface area contributed by atoms with Crippen LogP contribution >= 0.6 is 11.6 Å². The van der Waals surface area contributed by atoms with Crippen molar-refractivity contribution in [2.75, 3.05) is 24.5 Å². The lowest BCUT2D eigenvalue weighted by Crippen LogP contribution is -2.52. The molecule has 0 aliphatic carbocycles. The molecule has 0 radical (unpaired) electrons. The second-order valence-corrected chi connectivity index (χ2v) is 12.0. The van der Waals surface area contributed by atoms with Crippen LogP contribution in [0.3, 0.4) is 0 Å². The molecule has 0 spiro atoms. The highest BCUT2D eigenvalue weighted by Crippen LogP contribution is 2.32. The molecule has 0 heterocycles. The standard InChI is InChI=1S/C31H38ClN3O5S/c1-5-7-18-33-31(37)28(6-2)34(21-24-13-11-12-23(3)19-24)30(36)22-35(25-16-17-29(40-4)27(32)20-25)41(38,39)26-14-9-8-10-15-26/h8-17,19-20,28H,5-7,18,21-22H2,1-4H3,(H,33,37)/t28-/m0/s1. The quantitative estimate of drug-likeness (QED) is 0.244. The molecule has 0 saturated heterocycles. The lowest BCUT2D eigenvalue weighted by atomic mass is 10.1. The average Bonchev–Trinajstić information content (AvgIpc) is 2.96. The zero-order valence-electron chi connectivity index (χ0n) is 24.0. The first-order valence-corrected chi connectivity index (χ1v) is 15.5. The maximum atomic E-state index is 14.1. The van der Waals surface area contributed by atoms with E-state index in [0.717, 1.165) is 28.3 Å². The summed E-state index contributed by atoms with van der Waals surface area (Å²) >= 11 is 6.37. The second-order valence-electron chi connectivity index (χ2n) is 9.72. The van der Waals surface area contributed by atoms with Crippen LogP contribution in [0.5, 0.6) is 5.75 Å². The van der Waals surface area contributed by atoms with Crippen molar-refractivity contribution in [3.05, 3.63) is 88.9 Å². The fourth-order valence-corrected chi connectivity index (χ4v) is 6.17. The molecule has 0 unspecified atom stereocenters. The van der Waals surface area contributed by atoms with Crippen LogP contribution in [0.25, 0.3) is 0 Å². The van der Waals surface area contributed by atoms with Crippen molar-refractivity contribution in [1.29, 1.82) is 0 Å². The Labute approximate surface area is 248 Å². The van der Waals surface area contributed by atoms with Crippen molar-refractivity contribution in [3.63, 3.8) is 0 Å². The molecule has 0 fully saturated rings. The van der Waals surface area contributed by atoms with E-state index in [2.05, 4.69) is 5.32 Å². The number of sulfonamides is 1. The van der Waals surface area contributed by atoms with Crippen LogP contribution in [0, 0.1) is 6.92 Å². The summed E-state index contributed by atoms with van der Waals surface area (Å²) in [6.07, 6.45) is 2.09. The summed E-state index contributed by atoms with van der Waals surface area (Å²) in [5.41, 5.74) is 2.04. The summed E-state index contributed by atoms with van der Waals surface area (Å²) in [6.45, 7) is 5.92. The summed E-state index contributed by atoms with van der Waals surface area (Å²) in [5.74, 6) is -0.419. The molecule has 1 atom stereocenters. The van der Waals surface area contributed by atoms with E-state index in [0.29, 0.717) is 18.7 Å². The van der Waals surface area contributed by atoms with Gasteiger partial charge in [-0.25, -0.2) is 8.42 Å². The van der Waals surface area contributed by atoms with Gasteiger partial charge in [-0.15, -0.1) is 0 Å². The molecule has 41 heavy (non-hydrogen) atoms. The van der Waals surface area contributed by atoms with Gasteiger partial charge in [0.15, 0.2) is 0 Å². The summed E-state index contributed by atoms with van der Waals surface area (Å²) in [7, 11) is -2.72. The van der Waals surface area contributed by atoms with Crippen LogP contribution in [-0.2, 0) is 26.2 Å². The zero-order chi connectivity index (χ0) is 30.0. The summed E-state index contributed by atoms with van der Waals surface area (Å²) in [4.78, 5) is 28.9. The van der Waals surface area contributed by atoms with Gasteiger partial charge in [0.05, 0.1) is 22.7 Å². The first-order valence-electron chi connectivity index (χ1n) is 13.7. The highest BCUT2D eigenvalue weighted by Gasteiger charge is 2.33. The maximum Gasteiger partial charge on any atom is 0.264 e. The van der Waals surface area contributed by atoms with Gasteiger partial charge in [-0.05, 0) is 55.7 Å². The van der Waals surface area contributed by atoms with Gasteiger partial charge in [-0.3, -0.25) is 13.9 Å². The number of aryl methyl sites for hydroxylation is 1. The molecule has 2 amide bonds. The number of carbonyl (C=O) groups excluding carboxylic acids is 2. The van der Waals surface area contributed by atoms with E-state index in [9.17, 15) is 18.0 Å². The van der Waals surface area contributed by atoms with Crippen LogP contribution in [-0.4, -0.2) is 51.4 Å². The molecular weight excluding hydrogens is 562 g/mol. The fraction of sp³-hybridized carbons (Fsp3) is 0.355. The number of ether oxygens (including phenoxy) is 1. The monoisotopic (exact) mass is 599 g/mol. The third-order valence-corrected chi connectivity index (χ3v) is 8.77. The third-order valence-electron chi connectivity index (χ3n) is 6.68. The van der Waals surface area contributed by atoms with Gasteiger partial charge < -0.3 is 15.0 Å². The van der Waals surface area contributed by atoms with Gasteiger partial charge in [-0.2, -0.15) is 0 Å². The van der Waals surface area contributed by atoms with E-state index in [1.54, 1.807) is 24.3 Å². The van der Waals surface area contributed by atoms with E-state index < -0.39 is 28.5 Å². The van der Waals surface area contributed by atoms with Crippen LogP contribution in [0.2, 0.25) is 5.02 Å². The summed E-state index contributed by atoms with van der Waals surface area (Å²) in [5, 5.41) is 3.13. The molecule has 8 nitrogen and oxygen atoms in total. The SMILES string of the molecule is CCCCNC(=O)[C@H](CC)N(Cc1cccc(C)c1)C(=O)CN(c1ccc(OC)c(Cl)c1)S(=O)(=O)c1ccccc1. The van der Waals surface area contributed by atoms with Gasteiger partial charge in [0, 0.05) is 13.1 Å². The van der Waals surface area contributed by atoms with E-state index >= 15 is 0 Å². The minimum atomic E-state index is -4.18. The Bertz CT molecular complexity index is 1430. The number of halogens is 1. The Kier molecular flexibility index (Phi) is 11.6. The number of rotatable bonds is 14. The summed E-state index contributed by atoms with van der Waals surface area (Å²) in [6, 6.07) is 19.3.